The van der Waals surface area contributed by atoms with Crippen LogP contribution in [0.1, 0.15) is 27.2 Å². The third-order valence-corrected chi connectivity index (χ3v) is 1.73. The molecule has 0 radical (unpaired) electrons. The number of hydrogen-bond acceptors (Lipinski definition) is 4. The minimum absolute atomic E-state index is 0.354. The first-order valence-corrected chi connectivity index (χ1v) is 5.29. The molecule has 0 aromatic carbocycles. The second kappa shape index (κ2) is 5.53. The van der Waals surface area contributed by atoms with Crippen molar-refractivity contribution in [1.29, 1.82) is 0 Å². The fourth-order valence-electron chi connectivity index (χ4n) is 1.10. The third kappa shape index (κ3) is 5.38. The molecule has 0 atom stereocenters. The van der Waals surface area contributed by atoms with Crippen LogP contribution < -0.4 is 0 Å². The van der Waals surface area contributed by atoms with Crippen molar-refractivity contribution in [2.75, 3.05) is 6.61 Å². The summed E-state index contributed by atoms with van der Waals surface area (Å²) >= 11 is 0. The molecule has 90 valence electrons. The second-order valence-electron chi connectivity index (χ2n) is 4.47. The highest BCUT2D eigenvalue weighted by molar-refractivity contribution is 5.60. The van der Waals surface area contributed by atoms with Crippen molar-refractivity contribution in [3.05, 3.63) is 18.7 Å². The molecule has 0 fully saturated rings. The van der Waals surface area contributed by atoms with E-state index in [1.54, 1.807) is 33.3 Å². The summed E-state index contributed by atoms with van der Waals surface area (Å²) in [7, 11) is 0. The van der Waals surface area contributed by atoms with E-state index in [0.717, 1.165) is 13.0 Å². The van der Waals surface area contributed by atoms with Gasteiger partial charge in [0.25, 0.3) is 0 Å². The Morgan fingerprint density at radius 1 is 1.44 bits per heavy atom. The van der Waals surface area contributed by atoms with Gasteiger partial charge in [-0.15, -0.1) is 0 Å². The molecule has 1 heterocycles. The molecule has 16 heavy (non-hydrogen) atoms. The summed E-state index contributed by atoms with van der Waals surface area (Å²) in [4.78, 5) is 15.1. The zero-order valence-electron chi connectivity index (χ0n) is 9.97. The third-order valence-electron chi connectivity index (χ3n) is 1.73. The molecule has 0 bridgehead atoms. The number of nitrogens with zero attached hydrogens (tertiary/aromatic N) is 2. The Morgan fingerprint density at radius 3 is 2.75 bits per heavy atom. The molecule has 0 N–H and O–H groups in total. The van der Waals surface area contributed by atoms with Crippen molar-refractivity contribution in [3.63, 3.8) is 0 Å². The van der Waals surface area contributed by atoms with Gasteiger partial charge in [0.15, 0.2) is 0 Å². The average Bonchev–Trinajstić information content (AvgIpc) is 2.62. The van der Waals surface area contributed by atoms with Gasteiger partial charge >= 0.3 is 6.16 Å². The minimum atomic E-state index is -0.613. The molecule has 0 aliphatic carbocycles. The zero-order chi connectivity index (χ0) is 12.0. The summed E-state index contributed by atoms with van der Waals surface area (Å²) in [6.45, 7) is 6.55. The molecular weight excluding hydrogens is 208 g/mol. The molecule has 1 aromatic heterocycles. The summed E-state index contributed by atoms with van der Waals surface area (Å²) in [6.07, 6.45) is 5.45. The molecule has 1 aromatic rings. The summed E-state index contributed by atoms with van der Waals surface area (Å²) in [5, 5.41) is 0. The monoisotopic (exact) mass is 226 g/mol. The van der Waals surface area contributed by atoms with Crippen molar-refractivity contribution in [3.8, 4) is 0 Å². The predicted octanol–water partition coefficient (Wildman–Crippen LogP) is 2.22. The van der Waals surface area contributed by atoms with Crippen LogP contribution in [0.25, 0.3) is 0 Å². The fraction of sp³-hybridized carbons (Fsp3) is 0.636. The number of carbonyl (C=O) groups is 1. The van der Waals surface area contributed by atoms with E-state index >= 15 is 0 Å². The molecule has 0 spiro atoms. The molecule has 0 aliphatic heterocycles. The second-order valence-corrected chi connectivity index (χ2v) is 4.47. The summed E-state index contributed by atoms with van der Waals surface area (Å²) < 4.78 is 11.8. The summed E-state index contributed by atoms with van der Waals surface area (Å²) in [5.74, 6) is 0. The highest BCUT2D eigenvalue weighted by atomic mass is 16.7. The van der Waals surface area contributed by atoms with Crippen LogP contribution in [0, 0.1) is 0 Å². The van der Waals surface area contributed by atoms with Gasteiger partial charge in [0.05, 0.1) is 12.9 Å². The molecule has 5 nitrogen and oxygen atoms in total. The predicted molar refractivity (Wildman–Crippen MR) is 59.0 cm³/mol. The average molecular weight is 226 g/mol. The minimum Gasteiger partial charge on any atom is -0.434 e. The first kappa shape index (κ1) is 12.5. The highest BCUT2D eigenvalue weighted by Crippen LogP contribution is 2.08. The van der Waals surface area contributed by atoms with Crippen LogP contribution in [-0.2, 0) is 16.0 Å². The first-order chi connectivity index (χ1) is 7.47. The van der Waals surface area contributed by atoms with Crippen LogP contribution in [-0.4, -0.2) is 27.9 Å². The van der Waals surface area contributed by atoms with Gasteiger partial charge in [-0.1, -0.05) is 0 Å². The zero-order valence-corrected chi connectivity index (χ0v) is 9.97. The maximum atomic E-state index is 11.2. The number of imidazole rings is 1. The lowest BCUT2D eigenvalue weighted by Gasteiger charge is -2.18. The maximum Gasteiger partial charge on any atom is 0.508 e. The molecule has 5 heteroatoms. The van der Waals surface area contributed by atoms with Crippen molar-refractivity contribution in [2.45, 2.75) is 39.3 Å². The van der Waals surface area contributed by atoms with Crippen molar-refractivity contribution in [2.24, 2.45) is 0 Å². The topological polar surface area (TPSA) is 53.4 Å². The van der Waals surface area contributed by atoms with E-state index in [9.17, 15) is 4.79 Å². The summed E-state index contributed by atoms with van der Waals surface area (Å²) in [5.41, 5.74) is -0.499. The normalized spacial score (nSPS) is 11.2. The smallest absolute Gasteiger partial charge is 0.434 e. The van der Waals surface area contributed by atoms with Crippen molar-refractivity contribution < 1.29 is 14.3 Å². The number of rotatable bonds is 4. The molecule has 0 aliphatic rings. The standard InChI is InChI=1S/C11H18N2O3/c1-11(2,3)16-10(14)15-8-4-6-13-7-5-12-9-13/h5,7,9H,4,6,8H2,1-3H3. The number of aryl methyl sites for hydroxylation is 1. The van der Waals surface area contributed by atoms with Gasteiger partial charge in [-0.3, -0.25) is 0 Å². The lowest BCUT2D eigenvalue weighted by molar-refractivity contribution is -0.00785. The molecular formula is C11H18N2O3. The van der Waals surface area contributed by atoms with Crippen LogP contribution in [0.5, 0.6) is 0 Å². The van der Waals surface area contributed by atoms with Gasteiger partial charge in [-0.2, -0.15) is 0 Å². The molecule has 0 saturated heterocycles. The van der Waals surface area contributed by atoms with Crippen LogP contribution in [0.15, 0.2) is 18.7 Å². The lowest BCUT2D eigenvalue weighted by Crippen LogP contribution is -2.24. The number of aromatic nitrogens is 2. The Morgan fingerprint density at radius 2 is 2.19 bits per heavy atom. The summed E-state index contributed by atoms with van der Waals surface area (Å²) in [6, 6.07) is 0. The van der Waals surface area contributed by atoms with E-state index in [2.05, 4.69) is 4.98 Å². The Balaban J connectivity index is 2.09. The van der Waals surface area contributed by atoms with Gasteiger partial charge in [0.2, 0.25) is 0 Å². The molecule has 1 rings (SSSR count). The van der Waals surface area contributed by atoms with E-state index in [4.69, 9.17) is 9.47 Å². The van der Waals surface area contributed by atoms with E-state index < -0.39 is 11.8 Å². The Labute approximate surface area is 95.4 Å². The largest absolute Gasteiger partial charge is 0.508 e. The van der Waals surface area contributed by atoms with E-state index in [1.165, 1.54) is 0 Å². The molecule has 0 saturated carbocycles. The maximum absolute atomic E-state index is 11.2. The van der Waals surface area contributed by atoms with Gasteiger partial charge in [-0.25, -0.2) is 9.78 Å². The van der Waals surface area contributed by atoms with Crippen LogP contribution >= 0.6 is 0 Å². The van der Waals surface area contributed by atoms with Crippen LogP contribution in [0.4, 0.5) is 4.79 Å². The van der Waals surface area contributed by atoms with Crippen LogP contribution in [0.3, 0.4) is 0 Å². The number of carbonyl (C=O) groups excluding carboxylic acids is 1. The molecule has 0 amide bonds. The number of ether oxygens (including phenoxy) is 2. The van der Waals surface area contributed by atoms with E-state index in [1.807, 2.05) is 10.8 Å². The van der Waals surface area contributed by atoms with Crippen molar-refractivity contribution in [1.82, 2.24) is 9.55 Å². The van der Waals surface area contributed by atoms with Gasteiger partial charge in [0.1, 0.15) is 5.60 Å². The Hall–Kier alpha value is -1.52. The fourth-order valence-corrected chi connectivity index (χ4v) is 1.10. The van der Waals surface area contributed by atoms with Gasteiger partial charge < -0.3 is 14.0 Å². The Bertz CT molecular complexity index is 314. The molecule has 0 unspecified atom stereocenters. The number of hydrogen-bond donors (Lipinski definition) is 0. The lowest BCUT2D eigenvalue weighted by atomic mass is 10.2. The van der Waals surface area contributed by atoms with Crippen LogP contribution in [0.2, 0.25) is 0 Å². The first-order valence-electron chi connectivity index (χ1n) is 5.29. The van der Waals surface area contributed by atoms with Gasteiger partial charge in [0, 0.05) is 18.9 Å². The Kier molecular flexibility index (Phi) is 4.34. The van der Waals surface area contributed by atoms with E-state index in [0.29, 0.717) is 6.61 Å². The quantitative estimate of drug-likeness (QED) is 0.583. The SMILES string of the molecule is CC(C)(C)OC(=O)OCCCn1ccnc1. The highest BCUT2D eigenvalue weighted by Gasteiger charge is 2.16. The van der Waals surface area contributed by atoms with E-state index in [-0.39, 0.29) is 0 Å². The van der Waals surface area contributed by atoms with Gasteiger partial charge in [-0.05, 0) is 27.2 Å². The van der Waals surface area contributed by atoms with Crippen molar-refractivity contribution >= 4 is 6.16 Å².